The SMILES string of the molecule is COCC1CCC2C(CCC3C2CCC2(C)C3CC[C@@H]2C(=O)CN/N=C(/C)N)C1. The molecule has 0 heterocycles. The monoisotopic (exact) mass is 403 g/mol. The number of hydrogen-bond acceptors (Lipinski definition) is 4. The summed E-state index contributed by atoms with van der Waals surface area (Å²) in [4.78, 5) is 13.0. The first kappa shape index (κ1) is 21.1. The number of amidine groups is 1. The van der Waals surface area contributed by atoms with E-state index >= 15 is 0 Å². The van der Waals surface area contributed by atoms with E-state index in [0.717, 1.165) is 48.5 Å². The first-order valence-corrected chi connectivity index (χ1v) is 12.0. The van der Waals surface area contributed by atoms with Crippen molar-refractivity contribution in [2.24, 2.45) is 57.7 Å². The van der Waals surface area contributed by atoms with Crippen LogP contribution in [0.25, 0.3) is 0 Å². The van der Waals surface area contributed by atoms with Crippen molar-refractivity contribution in [2.45, 2.75) is 71.6 Å². The van der Waals surface area contributed by atoms with Crippen LogP contribution in [0, 0.1) is 46.8 Å². The molecule has 4 rings (SSSR count). The molecule has 0 aromatic carbocycles. The minimum atomic E-state index is 0.196. The Labute approximate surface area is 176 Å². The standard InChI is InChI=1S/C24H41N3O2/c1-15(25)27-26-13-23(28)22-9-8-21-20-7-5-17-12-16(14-29-3)4-6-18(17)19(20)10-11-24(21,22)2/h16-22,26H,4-14H2,1-3H3,(H2,25,27)/t16?,17?,18?,19?,20?,21?,22-,24?/m1/s1. The number of fused-ring (bicyclic) bond motifs is 5. The molecule has 0 saturated heterocycles. The molecule has 4 aliphatic rings. The Morgan fingerprint density at radius 3 is 2.66 bits per heavy atom. The van der Waals surface area contributed by atoms with Crippen molar-refractivity contribution in [1.29, 1.82) is 0 Å². The number of carbonyl (C=O) groups excluding carboxylic acids is 1. The van der Waals surface area contributed by atoms with Gasteiger partial charge in [0, 0.05) is 19.6 Å². The van der Waals surface area contributed by atoms with Crippen molar-refractivity contribution in [1.82, 2.24) is 5.43 Å². The van der Waals surface area contributed by atoms with Crippen LogP contribution in [0.4, 0.5) is 0 Å². The molecule has 29 heavy (non-hydrogen) atoms. The second kappa shape index (κ2) is 8.56. The normalized spacial score (nSPS) is 44.5. The molecule has 0 aromatic rings. The first-order chi connectivity index (χ1) is 13.9. The van der Waals surface area contributed by atoms with E-state index in [1.54, 1.807) is 6.92 Å². The topological polar surface area (TPSA) is 76.7 Å². The summed E-state index contributed by atoms with van der Waals surface area (Å²) in [6.07, 6.45) is 11.8. The molecule has 5 nitrogen and oxygen atoms in total. The number of rotatable bonds is 6. The smallest absolute Gasteiger partial charge is 0.157 e. The number of ketones is 1. The van der Waals surface area contributed by atoms with Crippen molar-refractivity contribution in [2.75, 3.05) is 20.3 Å². The lowest BCUT2D eigenvalue weighted by Gasteiger charge is -2.56. The molecule has 0 radical (unpaired) electrons. The van der Waals surface area contributed by atoms with Crippen LogP contribution in [0.5, 0.6) is 0 Å². The van der Waals surface area contributed by atoms with Crippen LogP contribution in [0.15, 0.2) is 5.10 Å². The summed E-state index contributed by atoms with van der Waals surface area (Å²) in [6.45, 7) is 5.44. The molecule has 0 bridgehead atoms. The number of ether oxygens (including phenoxy) is 1. The molecule has 0 aromatic heterocycles. The predicted octanol–water partition coefficient (Wildman–Crippen LogP) is 3.97. The second-order valence-corrected chi connectivity index (χ2v) is 10.8. The summed E-state index contributed by atoms with van der Waals surface area (Å²) in [6, 6.07) is 0. The average Bonchev–Trinajstić information content (AvgIpc) is 3.05. The average molecular weight is 404 g/mol. The third-order valence-electron chi connectivity index (χ3n) is 9.36. The van der Waals surface area contributed by atoms with E-state index in [9.17, 15) is 4.79 Å². The fourth-order valence-electron chi connectivity index (χ4n) is 8.23. The molecule has 4 saturated carbocycles. The Hall–Kier alpha value is -1.10. The van der Waals surface area contributed by atoms with Gasteiger partial charge in [0.15, 0.2) is 5.78 Å². The van der Waals surface area contributed by atoms with E-state index in [4.69, 9.17) is 10.5 Å². The summed E-state index contributed by atoms with van der Waals surface area (Å²) in [5.74, 6) is 6.16. The summed E-state index contributed by atoms with van der Waals surface area (Å²) < 4.78 is 5.46. The van der Waals surface area contributed by atoms with E-state index in [0.29, 0.717) is 18.2 Å². The van der Waals surface area contributed by atoms with Gasteiger partial charge >= 0.3 is 0 Å². The highest BCUT2D eigenvalue weighted by Gasteiger charge is 2.58. The molecule has 4 fully saturated rings. The molecule has 4 aliphatic carbocycles. The Bertz CT molecular complexity index is 632. The molecule has 0 spiro atoms. The molecular formula is C24H41N3O2. The number of nitrogens with two attached hydrogens (primary N) is 1. The molecular weight excluding hydrogens is 362 g/mol. The number of hydrazone groups is 1. The van der Waals surface area contributed by atoms with Crippen LogP contribution in [-0.2, 0) is 9.53 Å². The molecule has 7 unspecified atom stereocenters. The van der Waals surface area contributed by atoms with E-state index < -0.39 is 0 Å². The van der Waals surface area contributed by atoms with Gasteiger partial charge in [-0.05, 0) is 106 Å². The Balaban J connectivity index is 1.42. The van der Waals surface area contributed by atoms with Gasteiger partial charge in [-0.3, -0.25) is 4.79 Å². The number of nitrogens with one attached hydrogen (secondary N) is 1. The summed E-state index contributed by atoms with van der Waals surface area (Å²) >= 11 is 0. The van der Waals surface area contributed by atoms with Gasteiger partial charge in [0.05, 0.1) is 6.54 Å². The van der Waals surface area contributed by atoms with Gasteiger partial charge in [-0.15, -0.1) is 0 Å². The number of methoxy groups -OCH3 is 1. The number of Topliss-reactive ketones (excluding diaryl/α,β-unsaturated/α-hetero) is 1. The molecule has 164 valence electrons. The molecule has 0 aliphatic heterocycles. The maximum atomic E-state index is 13.0. The summed E-state index contributed by atoms with van der Waals surface area (Å²) in [5, 5.41) is 4.01. The maximum Gasteiger partial charge on any atom is 0.157 e. The highest BCUT2D eigenvalue weighted by molar-refractivity contribution is 5.84. The maximum absolute atomic E-state index is 13.0. The van der Waals surface area contributed by atoms with Crippen molar-refractivity contribution >= 4 is 11.6 Å². The lowest BCUT2D eigenvalue weighted by Crippen LogP contribution is -2.50. The van der Waals surface area contributed by atoms with E-state index in [2.05, 4.69) is 17.5 Å². The summed E-state index contributed by atoms with van der Waals surface area (Å²) in [5.41, 5.74) is 8.67. The van der Waals surface area contributed by atoms with Crippen molar-refractivity contribution in [3.8, 4) is 0 Å². The molecule has 8 atom stereocenters. The fourth-order valence-corrected chi connectivity index (χ4v) is 8.23. The number of hydrogen-bond donors (Lipinski definition) is 2. The van der Waals surface area contributed by atoms with Crippen molar-refractivity contribution in [3.05, 3.63) is 0 Å². The third-order valence-corrected chi connectivity index (χ3v) is 9.36. The quantitative estimate of drug-likeness (QED) is 0.400. The van der Waals surface area contributed by atoms with Crippen molar-refractivity contribution < 1.29 is 9.53 Å². The van der Waals surface area contributed by atoms with Crippen molar-refractivity contribution in [3.63, 3.8) is 0 Å². The zero-order valence-electron chi connectivity index (χ0n) is 18.7. The van der Waals surface area contributed by atoms with Crippen LogP contribution in [-0.4, -0.2) is 31.9 Å². The van der Waals surface area contributed by atoms with Gasteiger partial charge in [-0.25, -0.2) is 0 Å². The zero-order valence-corrected chi connectivity index (χ0v) is 18.7. The lowest BCUT2D eigenvalue weighted by atomic mass is 9.49. The Kier molecular flexibility index (Phi) is 6.24. The minimum absolute atomic E-state index is 0.196. The number of nitrogens with zero attached hydrogens (tertiary/aromatic N) is 1. The Morgan fingerprint density at radius 1 is 1.10 bits per heavy atom. The summed E-state index contributed by atoms with van der Waals surface area (Å²) in [7, 11) is 1.85. The predicted molar refractivity (Wildman–Crippen MR) is 116 cm³/mol. The fraction of sp³-hybridized carbons (Fsp3) is 0.917. The van der Waals surface area contributed by atoms with Gasteiger partial charge in [-0.1, -0.05) is 6.92 Å². The van der Waals surface area contributed by atoms with E-state index in [-0.39, 0.29) is 11.3 Å². The van der Waals surface area contributed by atoms with Gasteiger partial charge < -0.3 is 15.9 Å². The molecule has 5 heteroatoms. The minimum Gasteiger partial charge on any atom is -0.386 e. The van der Waals surface area contributed by atoms with Crippen LogP contribution < -0.4 is 11.2 Å². The van der Waals surface area contributed by atoms with Gasteiger partial charge in [0.2, 0.25) is 0 Å². The van der Waals surface area contributed by atoms with Gasteiger partial charge in [0.25, 0.3) is 0 Å². The van der Waals surface area contributed by atoms with E-state index in [1.807, 2.05) is 7.11 Å². The van der Waals surface area contributed by atoms with Crippen LogP contribution in [0.3, 0.4) is 0 Å². The van der Waals surface area contributed by atoms with E-state index in [1.165, 1.54) is 51.4 Å². The Morgan fingerprint density at radius 2 is 1.90 bits per heavy atom. The second-order valence-electron chi connectivity index (χ2n) is 10.8. The van der Waals surface area contributed by atoms with Crippen LogP contribution >= 0.6 is 0 Å². The third kappa shape index (κ3) is 3.96. The lowest BCUT2D eigenvalue weighted by molar-refractivity contribution is -0.129. The highest BCUT2D eigenvalue weighted by Crippen LogP contribution is 2.64. The first-order valence-electron chi connectivity index (χ1n) is 12.0. The van der Waals surface area contributed by atoms with Crippen LogP contribution in [0.2, 0.25) is 0 Å². The molecule has 0 amide bonds. The largest absolute Gasteiger partial charge is 0.386 e. The number of carbonyl (C=O) groups is 1. The zero-order chi connectivity index (χ0) is 20.6. The molecule has 3 N–H and O–H groups in total. The van der Waals surface area contributed by atoms with Gasteiger partial charge in [-0.2, -0.15) is 5.10 Å². The van der Waals surface area contributed by atoms with Gasteiger partial charge in [0.1, 0.15) is 5.84 Å². The highest BCUT2D eigenvalue weighted by atomic mass is 16.5. The van der Waals surface area contributed by atoms with Crippen LogP contribution in [0.1, 0.15) is 71.6 Å².